The molecule has 204 valence electrons. The largest absolute Gasteiger partial charge is 0.393 e. The molecule has 0 spiro atoms. The van der Waals surface area contributed by atoms with Gasteiger partial charge in [0.15, 0.2) is 11.6 Å². The van der Waals surface area contributed by atoms with E-state index >= 15 is 0 Å². The fourth-order valence-electron chi connectivity index (χ4n) is 9.25. The molecule has 0 bridgehead atoms. The second kappa shape index (κ2) is 8.35. The summed E-state index contributed by atoms with van der Waals surface area (Å²) < 4.78 is 12.4. The van der Waals surface area contributed by atoms with E-state index in [0.717, 1.165) is 31.3 Å². The van der Waals surface area contributed by atoms with Gasteiger partial charge in [0.1, 0.15) is 0 Å². The van der Waals surface area contributed by atoms with Gasteiger partial charge in [-0.3, -0.25) is 4.79 Å². The second-order valence-corrected chi connectivity index (χ2v) is 14.5. The summed E-state index contributed by atoms with van der Waals surface area (Å²) >= 11 is 0. The second-order valence-electron chi connectivity index (χ2n) is 14.5. The minimum atomic E-state index is -1.03. The lowest BCUT2D eigenvalue weighted by molar-refractivity contribution is -0.147. The standard InChI is InChI=1S/C30H48O6/c1-17(22(31)10-11-26(2,3)33)18-9-13-30(34)20-14-23(32)21-15-24-25(36-27(4,5)35-24)16-28(21,6)19(20)8-12-29(18,30)7/h14,17-19,21-22,24-25,31,33-34H,8-13,15-16H2,1-7H3/t17-,18+,19-,21-,22+,24+,25-,28+,29+,30+/m0/s1. The van der Waals surface area contributed by atoms with Crippen molar-refractivity contribution in [1.29, 1.82) is 0 Å². The van der Waals surface area contributed by atoms with Gasteiger partial charge >= 0.3 is 0 Å². The topological polar surface area (TPSA) is 96.2 Å². The molecule has 10 atom stereocenters. The fourth-order valence-corrected chi connectivity index (χ4v) is 9.25. The minimum Gasteiger partial charge on any atom is -0.393 e. The monoisotopic (exact) mass is 504 g/mol. The van der Waals surface area contributed by atoms with Crippen molar-refractivity contribution < 1.29 is 29.6 Å². The lowest BCUT2D eigenvalue weighted by Gasteiger charge is -2.60. The van der Waals surface area contributed by atoms with E-state index in [1.54, 1.807) is 13.8 Å². The number of allylic oxidation sites excluding steroid dienone is 1. The van der Waals surface area contributed by atoms with E-state index in [0.29, 0.717) is 25.7 Å². The van der Waals surface area contributed by atoms with Gasteiger partial charge in [-0.05, 0) is 114 Å². The van der Waals surface area contributed by atoms with Gasteiger partial charge in [0, 0.05) is 11.3 Å². The van der Waals surface area contributed by atoms with Crippen molar-refractivity contribution >= 4 is 5.78 Å². The first kappa shape index (κ1) is 26.8. The Labute approximate surface area is 216 Å². The summed E-state index contributed by atoms with van der Waals surface area (Å²) in [5.74, 6) is -0.269. The van der Waals surface area contributed by atoms with Crippen LogP contribution in [0.4, 0.5) is 0 Å². The number of ether oxygens (including phenoxy) is 2. The van der Waals surface area contributed by atoms with Crippen molar-refractivity contribution in [2.24, 2.45) is 34.5 Å². The third kappa shape index (κ3) is 3.97. The van der Waals surface area contributed by atoms with Gasteiger partial charge in [-0.15, -0.1) is 0 Å². The summed E-state index contributed by atoms with van der Waals surface area (Å²) in [5.41, 5.74) is -1.53. The molecule has 5 aliphatic rings. The van der Waals surface area contributed by atoms with Gasteiger partial charge in [0.05, 0.1) is 29.5 Å². The molecule has 4 aliphatic carbocycles. The minimum absolute atomic E-state index is 0.00728. The van der Waals surface area contributed by atoms with E-state index in [-0.39, 0.29) is 52.5 Å². The number of aliphatic hydroxyl groups excluding tert-OH is 1. The maximum Gasteiger partial charge on any atom is 0.163 e. The first-order chi connectivity index (χ1) is 16.5. The van der Waals surface area contributed by atoms with Crippen LogP contribution in [0.2, 0.25) is 0 Å². The number of hydrogen-bond acceptors (Lipinski definition) is 6. The van der Waals surface area contributed by atoms with Crippen molar-refractivity contribution in [2.45, 2.75) is 135 Å². The molecule has 0 radical (unpaired) electrons. The average Bonchev–Trinajstić information content (AvgIpc) is 3.21. The zero-order valence-corrected chi connectivity index (χ0v) is 23.3. The van der Waals surface area contributed by atoms with Gasteiger partial charge in [0.25, 0.3) is 0 Å². The highest BCUT2D eigenvalue weighted by Crippen LogP contribution is 2.68. The summed E-state index contributed by atoms with van der Waals surface area (Å²) in [6, 6.07) is 0. The third-order valence-corrected chi connectivity index (χ3v) is 11.3. The molecular formula is C30H48O6. The molecule has 0 aromatic carbocycles. The van der Waals surface area contributed by atoms with Crippen LogP contribution in [0.1, 0.15) is 99.8 Å². The number of hydrogen-bond donors (Lipinski definition) is 3. The van der Waals surface area contributed by atoms with E-state index in [1.807, 2.05) is 19.9 Å². The zero-order chi connectivity index (χ0) is 26.5. The predicted octanol–water partition coefficient (Wildman–Crippen LogP) is 4.54. The molecular weight excluding hydrogens is 456 g/mol. The summed E-state index contributed by atoms with van der Waals surface area (Å²) in [6.07, 6.45) is 7.06. The quantitative estimate of drug-likeness (QED) is 0.509. The smallest absolute Gasteiger partial charge is 0.163 e. The lowest BCUT2D eigenvalue weighted by atomic mass is 9.46. The highest BCUT2D eigenvalue weighted by atomic mass is 16.7. The molecule has 1 heterocycles. The van der Waals surface area contributed by atoms with Crippen LogP contribution in [-0.2, 0) is 14.3 Å². The highest BCUT2D eigenvalue weighted by Gasteiger charge is 2.68. The molecule has 4 fully saturated rings. The Hall–Kier alpha value is -0.790. The van der Waals surface area contributed by atoms with Gasteiger partial charge in [-0.25, -0.2) is 0 Å². The van der Waals surface area contributed by atoms with Crippen LogP contribution in [0, 0.1) is 34.5 Å². The van der Waals surface area contributed by atoms with Crippen molar-refractivity contribution in [3.8, 4) is 0 Å². The number of carbonyl (C=O) groups is 1. The molecule has 1 aliphatic heterocycles. The third-order valence-electron chi connectivity index (χ3n) is 11.3. The van der Waals surface area contributed by atoms with E-state index < -0.39 is 23.1 Å². The Bertz CT molecular complexity index is 934. The Morgan fingerprint density at radius 2 is 1.75 bits per heavy atom. The molecule has 5 rings (SSSR count). The van der Waals surface area contributed by atoms with Crippen molar-refractivity contribution in [2.75, 3.05) is 0 Å². The summed E-state index contributed by atoms with van der Waals surface area (Å²) in [5, 5.41) is 33.6. The van der Waals surface area contributed by atoms with Crippen LogP contribution in [0.25, 0.3) is 0 Å². The average molecular weight is 505 g/mol. The Morgan fingerprint density at radius 1 is 1.08 bits per heavy atom. The molecule has 0 aromatic rings. The van der Waals surface area contributed by atoms with Gasteiger partial charge in [-0.2, -0.15) is 0 Å². The molecule has 36 heavy (non-hydrogen) atoms. The van der Waals surface area contributed by atoms with Crippen molar-refractivity contribution in [1.82, 2.24) is 0 Å². The maximum absolute atomic E-state index is 13.6. The van der Waals surface area contributed by atoms with Crippen LogP contribution in [0.15, 0.2) is 11.6 Å². The van der Waals surface area contributed by atoms with Crippen LogP contribution in [0.5, 0.6) is 0 Å². The molecule has 6 heteroatoms. The van der Waals surface area contributed by atoms with E-state index in [9.17, 15) is 20.1 Å². The van der Waals surface area contributed by atoms with E-state index in [1.165, 1.54) is 0 Å². The van der Waals surface area contributed by atoms with Gasteiger partial charge < -0.3 is 24.8 Å². The number of ketones is 1. The number of rotatable bonds is 5. The molecule has 3 N–H and O–H groups in total. The first-order valence-corrected chi connectivity index (χ1v) is 14.3. The number of fused-ring (bicyclic) bond motifs is 6. The molecule has 1 saturated heterocycles. The predicted molar refractivity (Wildman–Crippen MR) is 137 cm³/mol. The van der Waals surface area contributed by atoms with Crippen LogP contribution in [0.3, 0.4) is 0 Å². The zero-order valence-electron chi connectivity index (χ0n) is 23.3. The summed E-state index contributed by atoms with van der Waals surface area (Å²) in [7, 11) is 0. The van der Waals surface area contributed by atoms with Crippen LogP contribution >= 0.6 is 0 Å². The molecule has 0 amide bonds. The number of carbonyl (C=O) groups excluding carboxylic acids is 1. The summed E-state index contributed by atoms with van der Waals surface area (Å²) in [4.78, 5) is 13.6. The van der Waals surface area contributed by atoms with Gasteiger partial charge in [-0.1, -0.05) is 20.8 Å². The Balaban J connectivity index is 1.42. The molecule has 0 aromatic heterocycles. The fraction of sp³-hybridized carbons (Fsp3) is 0.900. The van der Waals surface area contributed by atoms with Crippen LogP contribution < -0.4 is 0 Å². The van der Waals surface area contributed by atoms with Gasteiger partial charge in [0.2, 0.25) is 0 Å². The highest BCUT2D eigenvalue weighted by molar-refractivity contribution is 5.95. The van der Waals surface area contributed by atoms with Crippen molar-refractivity contribution in [3.05, 3.63) is 11.6 Å². The molecule has 0 unspecified atom stereocenters. The molecule has 3 saturated carbocycles. The molecule has 6 nitrogen and oxygen atoms in total. The van der Waals surface area contributed by atoms with E-state index in [4.69, 9.17) is 9.47 Å². The Kier molecular flexibility index (Phi) is 6.22. The maximum atomic E-state index is 13.6. The van der Waals surface area contributed by atoms with Crippen LogP contribution in [-0.4, -0.2) is 56.4 Å². The first-order valence-electron chi connectivity index (χ1n) is 14.3. The van der Waals surface area contributed by atoms with E-state index in [2.05, 4.69) is 20.8 Å². The normalized spacial score (nSPS) is 47.3. The Morgan fingerprint density at radius 3 is 2.42 bits per heavy atom. The summed E-state index contributed by atoms with van der Waals surface area (Å²) in [6.45, 7) is 14.0. The SMILES string of the molecule is C[C@H]([C@H](O)CCC(C)(C)O)[C@H]1CC[C@@]2(O)C3=CC(=O)[C@@H]4C[C@H]5OC(C)(C)O[C@H]5C[C@]4(C)[C@H]3CC[C@]12C. The van der Waals surface area contributed by atoms with Crippen molar-refractivity contribution in [3.63, 3.8) is 0 Å². The number of aliphatic hydroxyl groups is 3. The lowest BCUT2D eigenvalue weighted by Crippen LogP contribution is -2.60.